The molecule has 0 saturated carbocycles. The van der Waals surface area contributed by atoms with Crippen LogP contribution in [0.25, 0.3) is 0 Å². The maximum absolute atomic E-state index is 11.2. The minimum Gasteiger partial charge on any atom is -0.465 e. The van der Waals surface area contributed by atoms with Gasteiger partial charge in [0, 0.05) is 13.5 Å². The predicted octanol–water partition coefficient (Wildman–Crippen LogP) is 5.13. The average Bonchev–Trinajstić information content (AvgIpc) is 2.56. The number of nitrogens with one attached hydrogen (secondary N) is 1. The van der Waals surface area contributed by atoms with Crippen molar-refractivity contribution in [3.63, 3.8) is 0 Å². The molecular formula is C22H37NO3. The summed E-state index contributed by atoms with van der Waals surface area (Å²) in [5.41, 5.74) is 1.67. The van der Waals surface area contributed by atoms with Crippen LogP contribution in [-0.4, -0.2) is 25.9 Å². The highest BCUT2D eigenvalue weighted by Gasteiger charge is 2.23. The Morgan fingerprint density at radius 2 is 1.73 bits per heavy atom. The van der Waals surface area contributed by atoms with Crippen LogP contribution in [-0.2, 0) is 9.53 Å². The summed E-state index contributed by atoms with van der Waals surface area (Å²) < 4.78 is 11.4. The van der Waals surface area contributed by atoms with Crippen molar-refractivity contribution in [3.05, 3.63) is 29.8 Å². The highest BCUT2D eigenvalue weighted by Crippen LogP contribution is 2.36. The second-order valence-corrected chi connectivity index (χ2v) is 8.52. The van der Waals surface area contributed by atoms with E-state index < -0.39 is 0 Å². The maximum atomic E-state index is 11.2. The first kappa shape index (κ1) is 22.5. The van der Waals surface area contributed by atoms with Crippen LogP contribution in [0.4, 0.5) is 0 Å². The van der Waals surface area contributed by atoms with Crippen LogP contribution in [0.15, 0.2) is 24.3 Å². The van der Waals surface area contributed by atoms with Crippen molar-refractivity contribution in [1.29, 1.82) is 0 Å². The molecule has 0 heterocycles. The first-order valence-corrected chi connectivity index (χ1v) is 9.71. The summed E-state index contributed by atoms with van der Waals surface area (Å²) in [5, 5.41) is 2.60. The molecule has 1 aromatic carbocycles. The second-order valence-electron chi connectivity index (χ2n) is 8.52. The molecule has 4 heteroatoms. The number of carbonyl (C=O) groups excluding carboxylic acids is 1. The number of ether oxygens (including phenoxy) is 2. The molecular weight excluding hydrogens is 326 g/mol. The molecule has 0 fully saturated rings. The van der Waals surface area contributed by atoms with Gasteiger partial charge in [0.05, 0.1) is 6.61 Å². The van der Waals surface area contributed by atoms with E-state index in [2.05, 4.69) is 52.1 Å². The first-order valence-electron chi connectivity index (χ1n) is 9.71. The fourth-order valence-corrected chi connectivity index (χ4v) is 3.02. The van der Waals surface area contributed by atoms with E-state index in [0.29, 0.717) is 36.7 Å². The topological polar surface area (TPSA) is 47.6 Å². The Morgan fingerprint density at radius 1 is 1.12 bits per heavy atom. The molecule has 1 rings (SSSR count). The van der Waals surface area contributed by atoms with Crippen molar-refractivity contribution >= 4 is 5.91 Å². The largest absolute Gasteiger partial charge is 0.465 e. The Labute approximate surface area is 159 Å². The summed E-state index contributed by atoms with van der Waals surface area (Å²) in [4.78, 5) is 11.2. The molecule has 0 aromatic heterocycles. The summed E-state index contributed by atoms with van der Waals surface area (Å²) in [5.74, 6) is 1.99. The van der Waals surface area contributed by atoms with Crippen LogP contribution in [0.2, 0.25) is 0 Å². The van der Waals surface area contributed by atoms with Crippen molar-refractivity contribution in [1.82, 2.24) is 5.32 Å². The molecule has 0 aliphatic rings. The highest BCUT2D eigenvalue weighted by molar-refractivity contribution is 5.75. The standard InChI is InChI=1S/C22H37NO3/c1-16(2)20(15-22(4,5)6)18-10-12-19(13-11-18)26-17(3)25-14-8-9-21(24)23-7/h10-13,16-17,20H,8-9,14-15H2,1-7H3,(H,23,24). The van der Waals surface area contributed by atoms with Gasteiger partial charge in [-0.1, -0.05) is 46.8 Å². The number of benzene rings is 1. The Kier molecular flexibility index (Phi) is 9.14. The first-order chi connectivity index (χ1) is 12.1. The Balaban J connectivity index is 2.54. The van der Waals surface area contributed by atoms with Crippen LogP contribution in [0.5, 0.6) is 5.75 Å². The molecule has 2 unspecified atom stereocenters. The van der Waals surface area contributed by atoms with Gasteiger partial charge in [-0.2, -0.15) is 0 Å². The SMILES string of the molecule is CNC(=O)CCCOC(C)Oc1ccc(C(CC(C)(C)C)C(C)C)cc1. The third-order valence-corrected chi connectivity index (χ3v) is 4.43. The van der Waals surface area contributed by atoms with Gasteiger partial charge in [0.2, 0.25) is 5.91 Å². The van der Waals surface area contributed by atoms with Crippen LogP contribution < -0.4 is 10.1 Å². The van der Waals surface area contributed by atoms with Crippen molar-refractivity contribution in [2.24, 2.45) is 11.3 Å². The Bertz CT molecular complexity index is 531. The molecule has 1 N–H and O–H groups in total. The molecule has 0 spiro atoms. The molecule has 1 amide bonds. The Hall–Kier alpha value is -1.55. The lowest BCUT2D eigenvalue weighted by atomic mass is 9.76. The van der Waals surface area contributed by atoms with Gasteiger partial charge in [-0.05, 0) is 54.7 Å². The smallest absolute Gasteiger partial charge is 0.219 e. The van der Waals surface area contributed by atoms with Crippen LogP contribution in [0.1, 0.15) is 72.3 Å². The zero-order chi connectivity index (χ0) is 19.7. The number of hydrogen-bond acceptors (Lipinski definition) is 3. The molecule has 0 bridgehead atoms. The van der Waals surface area contributed by atoms with Gasteiger partial charge < -0.3 is 14.8 Å². The van der Waals surface area contributed by atoms with E-state index in [9.17, 15) is 4.79 Å². The van der Waals surface area contributed by atoms with Crippen molar-refractivity contribution in [2.75, 3.05) is 13.7 Å². The molecule has 26 heavy (non-hydrogen) atoms. The summed E-state index contributed by atoms with van der Waals surface area (Å²) in [7, 11) is 1.64. The molecule has 0 aliphatic heterocycles. The van der Waals surface area contributed by atoms with E-state index in [1.165, 1.54) is 5.56 Å². The summed E-state index contributed by atoms with van der Waals surface area (Å²) in [6.07, 6.45) is 1.99. The van der Waals surface area contributed by atoms with E-state index in [1.807, 2.05) is 19.1 Å². The molecule has 4 nitrogen and oxygen atoms in total. The number of rotatable bonds is 10. The lowest BCUT2D eigenvalue weighted by Gasteiger charge is -2.29. The zero-order valence-corrected chi connectivity index (χ0v) is 17.6. The van der Waals surface area contributed by atoms with Crippen LogP contribution in [0, 0.1) is 11.3 Å². The van der Waals surface area contributed by atoms with E-state index >= 15 is 0 Å². The lowest BCUT2D eigenvalue weighted by Crippen LogP contribution is -2.20. The molecule has 148 valence electrons. The van der Waals surface area contributed by atoms with Crippen LogP contribution in [0.3, 0.4) is 0 Å². The van der Waals surface area contributed by atoms with E-state index in [1.54, 1.807) is 7.05 Å². The molecule has 0 saturated heterocycles. The van der Waals surface area contributed by atoms with Crippen LogP contribution >= 0.6 is 0 Å². The number of carbonyl (C=O) groups is 1. The number of hydrogen-bond donors (Lipinski definition) is 1. The van der Waals surface area contributed by atoms with Gasteiger partial charge in [0.1, 0.15) is 5.75 Å². The van der Waals surface area contributed by atoms with Gasteiger partial charge in [0.15, 0.2) is 6.29 Å². The third kappa shape index (κ3) is 8.70. The second kappa shape index (κ2) is 10.6. The molecule has 0 aliphatic carbocycles. The molecule has 0 radical (unpaired) electrons. The van der Waals surface area contributed by atoms with Gasteiger partial charge in [0.25, 0.3) is 0 Å². The van der Waals surface area contributed by atoms with E-state index in [-0.39, 0.29) is 12.2 Å². The van der Waals surface area contributed by atoms with Gasteiger partial charge in [-0.3, -0.25) is 4.79 Å². The van der Waals surface area contributed by atoms with E-state index in [0.717, 1.165) is 12.2 Å². The van der Waals surface area contributed by atoms with Gasteiger partial charge in [-0.25, -0.2) is 0 Å². The van der Waals surface area contributed by atoms with Crippen molar-refractivity contribution < 1.29 is 14.3 Å². The summed E-state index contributed by atoms with van der Waals surface area (Å²) in [6.45, 7) is 13.8. The van der Waals surface area contributed by atoms with E-state index in [4.69, 9.17) is 9.47 Å². The van der Waals surface area contributed by atoms with Gasteiger partial charge in [-0.15, -0.1) is 0 Å². The quantitative estimate of drug-likeness (QED) is 0.463. The fraction of sp³-hybridized carbons (Fsp3) is 0.682. The summed E-state index contributed by atoms with van der Waals surface area (Å²) >= 11 is 0. The van der Waals surface area contributed by atoms with Crippen molar-refractivity contribution in [2.45, 2.75) is 73.0 Å². The predicted molar refractivity (Wildman–Crippen MR) is 107 cm³/mol. The maximum Gasteiger partial charge on any atom is 0.219 e. The minimum atomic E-state index is -0.332. The third-order valence-electron chi connectivity index (χ3n) is 4.43. The summed E-state index contributed by atoms with van der Waals surface area (Å²) in [6, 6.07) is 8.39. The number of amides is 1. The fourth-order valence-electron chi connectivity index (χ4n) is 3.02. The Morgan fingerprint density at radius 3 is 2.23 bits per heavy atom. The zero-order valence-electron chi connectivity index (χ0n) is 17.6. The van der Waals surface area contributed by atoms with Gasteiger partial charge >= 0.3 is 0 Å². The van der Waals surface area contributed by atoms with Crippen molar-refractivity contribution in [3.8, 4) is 5.75 Å². The molecule has 1 aromatic rings. The monoisotopic (exact) mass is 363 g/mol. The lowest BCUT2D eigenvalue weighted by molar-refractivity contribution is -0.121. The average molecular weight is 364 g/mol. The highest BCUT2D eigenvalue weighted by atomic mass is 16.7. The minimum absolute atomic E-state index is 0.0349. The normalized spacial score (nSPS) is 14.2. The molecule has 2 atom stereocenters.